The highest BCUT2D eigenvalue weighted by Crippen LogP contribution is 2.20. The van der Waals surface area contributed by atoms with E-state index in [1.807, 2.05) is 0 Å². The molecule has 0 aromatic carbocycles. The van der Waals surface area contributed by atoms with Gasteiger partial charge in [0.1, 0.15) is 19.3 Å². The van der Waals surface area contributed by atoms with Crippen molar-refractivity contribution in [1.29, 1.82) is 0 Å². The smallest absolute Gasteiger partial charge is 0.306 e. The molecular formula is C52H99NO9. The van der Waals surface area contributed by atoms with Gasteiger partial charge in [0.05, 0.1) is 0 Å². The maximum absolute atomic E-state index is 13.5. The largest absolute Gasteiger partial charge is 0.462 e. The second-order valence-corrected chi connectivity index (χ2v) is 17.6. The van der Waals surface area contributed by atoms with Crippen LogP contribution in [-0.2, 0) is 42.9 Å². The summed E-state index contributed by atoms with van der Waals surface area (Å²) in [6.07, 6.45) is 28.5. The first-order valence-electron chi connectivity index (χ1n) is 26.3. The second-order valence-electron chi connectivity index (χ2n) is 17.6. The van der Waals surface area contributed by atoms with Gasteiger partial charge in [-0.3, -0.25) is 19.2 Å². The van der Waals surface area contributed by atoms with Crippen LogP contribution in [0.3, 0.4) is 0 Å². The number of carbonyl (C=O) groups is 4. The van der Waals surface area contributed by atoms with E-state index in [1.165, 1.54) is 77.0 Å². The van der Waals surface area contributed by atoms with Crippen molar-refractivity contribution in [2.45, 2.75) is 272 Å². The molecule has 0 aromatic rings. The number of ether oxygens (including phenoxy) is 5. The molecular weight excluding hydrogens is 783 g/mol. The Bertz CT molecular complexity index is 966. The molecule has 0 amide bonds. The highest BCUT2D eigenvalue weighted by atomic mass is 16.6. The van der Waals surface area contributed by atoms with Gasteiger partial charge in [0, 0.05) is 38.8 Å². The average Bonchev–Trinajstić information content (AvgIpc) is 3.26. The van der Waals surface area contributed by atoms with E-state index in [2.05, 4.69) is 46.4 Å². The van der Waals surface area contributed by atoms with Crippen molar-refractivity contribution >= 4 is 23.9 Å². The fourth-order valence-corrected chi connectivity index (χ4v) is 7.75. The Morgan fingerprint density at radius 1 is 0.371 bits per heavy atom. The molecule has 0 aliphatic rings. The second kappa shape index (κ2) is 45.4. The number of unbranched alkanes of at least 4 members (excludes halogenated alkanes) is 24. The molecule has 0 aromatic heterocycles. The van der Waals surface area contributed by atoms with Crippen LogP contribution >= 0.6 is 0 Å². The summed E-state index contributed by atoms with van der Waals surface area (Å²) in [6, 6.07) is 0. The first-order chi connectivity index (χ1) is 30.3. The Labute approximate surface area is 381 Å². The van der Waals surface area contributed by atoms with Gasteiger partial charge in [-0.15, -0.1) is 0 Å². The third-order valence-corrected chi connectivity index (χ3v) is 11.9. The van der Waals surface area contributed by atoms with Gasteiger partial charge in [-0.2, -0.15) is 0 Å². The number of hydrogen-bond donors (Lipinski definition) is 0. The molecule has 2 unspecified atom stereocenters. The van der Waals surface area contributed by atoms with Crippen LogP contribution in [0.5, 0.6) is 0 Å². The molecule has 0 spiro atoms. The summed E-state index contributed by atoms with van der Waals surface area (Å²) >= 11 is 0. The van der Waals surface area contributed by atoms with E-state index in [-0.39, 0.29) is 57.4 Å². The predicted molar refractivity (Wildman–Crippen MR) is 254 cm³/mol. The molecule has 0 fully saturated rings. The minimum absolute atomic E-state index is 0.223. The molecule has 0 heterocycles. The van der Waals surface area contributed by atoms with Crippen molar-refractivity contribution in [1.82, 2.24) is 4.90 Å². The van der Waals surface area contributed by atoms with Crippen LogP contribution in [0.15, 0.2) is 0 Å². The summed E-state index contributed by atoms with van der Waals surface area (Å²) in [4.78, 5) is 55.7. The monoisotopic (exact) mass is 882 g/mol. The van der Waals surface area contributed by atoms with Crippen molar-refractivity contribution in [3.8, 4) is 0 Å². The maximum Gasteiger partial charge on any atom is 0.306 e. The standard InChI is InChI=1S/C52H99NO9/c1-7-13-17-21-25-29-33-38-48(54)59-44-46(61-50(56)40-35-31-27-23-19-15-9-3)52(58-43-37-42-53(11-5)12-6)47(62-51(57)41-36-32-28-24-20-16-10-4)45-60-49(55)39-34-30-26-22-18-14-8-2/h46-47,52H,7-45H2,1-6H3. The van der Waals surface area contributed by atoms with E-state index in [9.17, 15) is 19.2 Å². The number of nitrogens with zero attached hydrogens (tertiary/aromatic N) is 1. The van der Waals surface area contributed by atoms with Crippen molar-refractivity contribution in [2.24, 2.45) is 0 Å². The van der Waals surface area contributed by atoms with Crippen LogP contribution < -0.4 is 0 Å². The lowest BCUT2D eigenvalue weighted by Gasteiger charge is -2.33. The average molecular weight is 882 g/mol. The van der Waals surface area contributed by atoms with E-state index in [1.54, 1.807) is 0 Å². The molecule has 0 aliphatic heterocycles. The summed E-state index contributed by atoms with van der Waals surface area (Å²) in [7, 11) is 0. The molecule has 0 N–H and O–H groups in total. The van der Waals surface area contributed by atoms with Crippen LogP contribution in [-0.4, -0.2) is 86.5 Å². The van der Waals surface area contributed by atoms with Gasteiger partial charge in [-0.25, -0.2) is 0 Å². The van der Waals surface area contributed by atoms with Gasteiger partial charge in [0.25, 0.3) is 0 Å². The van der Waals surface area contributed by atoms with Crippen LogP contribution in [0, 0.1) is 0 Å². The Balaban J connectivity index is 6.27. The molecule has 10 heteroatoms. The predicted octanol–water partition coefficient (Wildman–Crippen LogP) is 13.6. The lowest BCUT2D eigenvalue weighted by Crippen LogP contribution is -2.49. The molecule has 2 atom stereocenters. The van der Waals surface area contributed by atoms with E-state index < -0.39 is 30.3 Å². The minimum atomic E-state index is -1.06. The lowest BCUT2D eigenvalue weighted by molar-refractivity contribution is -0.193. The van der Waals surface area contributed by atoms with Crippen LogP contribution in [0.2, 0.25) is 0 Å². The topological polar surface area (TPSA) is 118 Å². The summed E-state index contributed by atoms with van der Waals surface area (Å²) in [5.74, 6) is -1.54. The third kappa shape index (κ3) is 37.2. The normalized spacial score (nSPS) is 12.9. The van der Waals surface area contributed by atoms with Gasteiger partial charge in [-0.1, -0.05) is 196 Å². The zero-order valence-corrected chi connectivity index (χ0v) is 41.4. The highest BCUT2D eigenvalue weighted by molar-refractivity contribution is 5.71. The van der Waals surface area contributed by atoms with Crippen molar-refractivity contribution in [3.05, 3.63) is 0 Å². The van der Waals surface area contributed by atoms with Crippen LogP contribution in [0.25, 0.3) is 0 Å². The number of rotatable bonds is 47. The number of hydrogen-bond acceptors (Lipinski definition) is 10. The molecule has 62 heavy (non-hydrogen) atoms. The fourth-order valence-electron chi connectivity index (χ4n) is 7.75. The van der Waals surface area contributed by atoms with E-state index in [4.69, 9.17) is 23.7 Å². The lowest BCUT2D eigenvalue weighted by atomic mass is 10.1. The van der Waals surface area contributed by atoms with Crippen molar-refractivity contribution in [2.75, 3.05) is 39.5 Å². The van der Waals surface area contributed by atoms with E-state index in [0.29, 0.717) is 19.3 Å². The molecule has 0 radical (unpaired) electrons. The molecule has 0 saturated carbocycles. The fraction of sp³-hybridized carbons (Fsp3) is 0.923. The summed E-state index contributed by atoms with van der Waals surface area (Å²) in [5.41, 5.74) is 0. The molecule has 0 saturated heterocycles. The first kappa shape index (κ1) is 59.8. The van der Waals surface area contributed by atoms with Gasteiger partial charge in [0.15, 0.2) is 12.2 Å². The third-order valence-electron chi connectivity index (χ3n) is 11.9. The zero-order valence-electron chi connectivity index (χ0n) is 41.4. The number of carbonyl (C=O) groups excluding carboxylic acids is 4. The maximum atomic E-state index is 13.5. The molecule has 0 rings (SSSR count). The van der Waals surface area contributed by atoms with Gasteiger partial charge in [0.2, 0.25) is 0 Å². The Morgan fingerprint density at radius 2 is 0.661 bits per heavy atom. The quantitative estimate of drug-likeness (QED) is 0.0332. The SMILES string of the molecule is CCCCCCCCCC(=O)OCC(OC(=O)CCCCCCCCC)C(OCCCN(CC)CC)C(COC(=O)CCCCCCCCC)OC(=O)CCCCCCCCC. The van der Waals surface area contributed by atoms with E-state index >= 15 is 0 Å². The van der Waals surface area contributed by atoms with Gasteiger partial charge < -0.3 is 28.6 Å². The Hall–Kier alpha value is -2.20. The first-order valence-corrected chi connectivity index (χ1v) is 26.3. The summed E-state index contributed by atoms with van der Waals surface area (Å²) in [5, 5.41) is 0. The van der Waals surface area contributed by atoms with Gasteiger partial charge in [-0.05, 0) is 45.2 Å². The van der Waals surface area contributed by atoms with E-state index in [0.717, 1.165) is 110 Å². The van der Waals surface area contributed by atoms with Crippen molar-refractivity contribution < 1.29 is 42.9 Å². The van der Waals surface area contributed by atoms with Crippen molar-refractivity contribution in [3.63, 3.8) is 0 Å². The molecule has 366 valence electrons. The highest BCUT2D eigenvalue weighted by Gasteiger charge is 2.38. The van der Waals surface area contributed by atoms with Gasteiger partial charge >= 0.3 is 23.9 Å². The molecule has 0 aliphatic carbocycles. The van der Waals surface area contributed by atoms with Crippen LogP contribution in [0.1, 0.15) is 253 Å². The van der Waals surface area contributed by atoms with Crippen LogP contribution in [0.4, 0.5) is 0 Å². The Morgan fingerprint density at radius 3 is 0.968 bits per heavy atom. The Kier molecular flexibility index (Phi) is 43.8. The number of esters is 4. The molecule has 0 bridgehead atoms. The summed E-state index contributed by atoms with van der Waals surface area (Å²) < 4.78 is 30.6. The zero-order chi connectivity index (χ0) is 45.7. The summed E-state index contributed by atoms with van der Waals surface area (Å²) in [6.45, 7) is 15.5. The molecule has 10 nitrogen and oxygen atoms in total. The minimum Gasteiger partial charge on any atom is -0.462 e.